The predicted octanol–water partition coefficient (Wildman–Crippen LogP) is 1.41. The van der Waals surface area contributed by atoms with Crippen LogP contribution in [-0.2, 0) is 6.54 Å². The van der Waals surface area contributed by atoms with Gasteiger partial charge in [-0.25, -0.2) is 19.3 Å². The number of hydrogen-bond acceptors (Lipinski definition) is 7. The lowest BCUT2D eigenvalue weighted by molar-refractivity contribution is 0.333. The molecule has 144 valence electrons. The fraction of sp³-hybridized carbons (Fsp3) is 0.474. The van der Waals surface area contributed by atoms with Crippen LogP contribution in [-0.4, -0.2) is 47.6 Å². The lowest BCUT2D eigenvalue weighted by atomic mass is 9.96. The van der Waals surface area contributed by atoms with Gasteiger partial charge >= 0.3 is 0 Å². The van der Waals surface area contributed by atoms with Crippen molar-refractivity contribution in [3.63, 3.8) is 0 Å². The molecule has 9 nitrogen and oxygen atoms in total. The van der Waals surface area contributed by atoms with E-state index in [9.17, 15) is 4.79 Å². The van der Waals surface area contributed by atoms with E-state index >= 15 is 0 Å². The molecular weight excluding hydrogens is 356 g/mol. The van der Waals surface area contributed by atoms with Crippen LogP contribution in [0, 0.1) is 5.92 Å². The van der Waals surface area contributed by atoms with E-state index in [4.69, 9.17) is 0 Å². The van der Waals surface area contributed by atoms with Crippen molar-refractivity contribution in [3.8, 4) is 5.82 Å². The van der Waals surface area contributed by atoms with Crippen LogP contribution in [0.15, 0.2) is 42.0 Å². The van der Waals surface area contributed by atoms with E-state index in [1.165, 1.54) is 19.2 Å². The predicted molar refractivity (Wildman–Crippen MR) is 102 cm³/mol. The number of hydrogen-bond donors (Lipinski definition) is 0. The summed E-state index contributed by atoms with van der Waals surface area (Å²) in [7, 11) is 0. The van der Waals surface area contributed by atoms with Crippen LogP contribution in [0.2, 0.25) is 0 Å². The first-order chi connectivity index (χ1) is 13.8. The normalized spacial score (nSPS) is 17.8. The Morgan fingerprint density at radius 1 is 1.04 bits per heavy atom. The van der Waals surface area contributed by atoms with Crippen molar-refractivity contribution in [1.29, 1.82) is 0 Å². The molecule has 2 aliphatic rings. The maximum absolute atomic E-state index is 12.3. The van der Waals surface area contributed by atoms with Crippen LogP contribution in [0.1, 0.15) is 37.3 Å². The van der Waals surface area contributed by atoms with Crippen LogP contribution in [0.5, 0.6) is 0 Å². The van der Waals surface area contributed by atoms with E-state index in [2.05, 4.69) is 30.0 Å². The van der Waals surface area contributed by atoms with E-state index in [1.54, 1.807) is 40.2 Å². The molecule has 0 atom stereocenters. The highest BCUT2D eigenvalue weighted by Gasteiger charge is 2.31. The Morgan fingerprint density at radius 3 is 2.61 bits per heavy atom. The standard InChI is InChI=1S/C19H22N8O/c28-17-4-3-16(27-13-20-12-23-27)24-26(17)11-14-5-9-25(10-6-14)19-18(15-1-2-15)21-7-8-22-19/h3-4,7-8,12-15H,1-2,5-6,9-11H2. The largest absolute Gasteiger partial charge is 0.355 e. The highest BCUT2D eigenvalue weighted by atomic mass is 16.1. The molecule has 1 saturated heterocycles. The van der Waals surface area contributed by atoms with Gasteiger partial charge in [0.05, 0.1) is 5.69 Å². The van der Waals surface area contributed by atoms with E-state index in [-0.39, 0.29) is 5.56 Å². The van der Waals surface area contributed by atoms with Gasteiger partial charge in [-0.1, -0.05) is 0 Å². The van der Waals surface area contributed by atoms with Crippen LogP contribution >= 0.6 is 0 Å². The average molecular weight is 378 g/mol. The molecule has 2 fully saturated rings. The second-order valence-corrected chi connectivity index (χ2v) is 7.52. The Morgan fingerprint density at radius 2 is 1.86 bits per heavy atom. The molecule has 0 N–H and O–H groups in total. The van der Waals surface area contributed by atoms with Gasteiger partial charge in [-0.15, -0.1) is 5.10 Å². The van der Waals surface area contributed by atoms with Crippen LogP contribution < -0.4 is 10.5 Å². The summed E-state index contributed by atoms with van der Waals surface area (Å²) < 4.78 is 3.11. The molecule has 0 unspecified atom stereocenters. The van der Waals surface area contributed by atoms with Crippen molar-refractivity contribution >= 4 is 5.82 Å². The number of rotatable bonds is 5. The fourth-order valence-electron chi connectivity index (χ4n) is 3.82. The molecule has 3 aromatic rings. The zero-order chi connectivity index (χ0) is 18.9. The molecule has 0 aromatic carbocycles. The third kappa shape index (κ3) is 3.39. The molecule has 28 heavy (non-hydrogen) atoms. The summed E-state index contributed by atoms with van der Waals surface area (Å²) in [5.41, 5.74) is 1.07. The monoisotopic (exact) mass is 378 g/mol. The first-order valence-electron chi connectivity index (χ1n) is 9.77. The van der Waals surface area contributed by atoms with Crippen molar-refractivity contribution in [3.05, 3.63) is 53.2 Å². The summed E-state index contributed by atoms with van der Waals surface area (Å²) in [6.45, 7) is 2.48. The summed E-state index contributed by atoms with van der Waals surface area (Å²) in [6.07, 6.45) is 11.1. The Hall–Kier alpha value is -3.10. The Bertz CT molecular complexity index is 1000. The molecular formula is C19H22N8O. The third-order valence-corrected chi connectivity index (χ3v) is 5.52. The molecule has 3 aromatic heterocycles. The quantitative estimate of drug-likeness (QED) is 0.662. The first kappa shape index (κ1) is 17.0. The number of piperidine rings is 1. The fourth-order valence-corrected chi connectivity index (χ4v) is 3.82. The minimum absolute atomic E-state index is 0.0868. The zero-order valence-electron chi connectivity index (χ0n) is 15.6. The second-order valence-electron chi connectivity index (χ2n) is 7.52. The third-order valence-electron chi connectivity index (χ3n) is 5.52. The summed E-state index contributed by atoms with van der Waals surface area (Å²) in [6, 6.07) is 3.21. The lowest BCUT2D eigenvalue weighted by Crippen LogP contribution is -2.38. The second kappa shape index (κ2) is 7.14. The Kier molecular flexibility index (Phi) is 4.34. The van der Waals surface area contributed by atoms with Gasteiger partial charge in [0.25, 0.3) is 5.56 Å². The molecule has 0 bridgehead atoms. The maximum atomic E-state index is 12.3. The van der Waals surface area contributed by atoms with Gasteiger partial charge in [-0.05, 0) is 37.7 Å². The van der Waals surface area contributed by atoms with Gasteiger partial charge in [-0.3, -0.25) is 9.78 Å². The molecule has 1 aliphatic carbocycles. The Balaban J connectivity index is 1.27. The van der Waals surface area contributed by atoms with Gasteiger partial charge in [-0.2, -0.15) is 5.10 Å². The van der Waals surface area contributed by atoms with Crippen LogP contribution in [0.3, 0.4) is 0 Å². The summed E-state index contributed by atoms with van der Waals surface area (Å²) >= 11 is 0. The van der Waals surface area contributed by atoms with E-state index < -0.39 is 0 Å². The number of nitrogens with zero attached hydrogens (tertiary/aromatic N) is 8. The minimum Gasteiger partial charge on any atom is -0.355 e. The van der Waals surface area contributed by atoms with Crippen molar-refractivity contribution in [2.24, 2.45) is 5.92 Å². The maximum Gasteiger partial charge on any atom is 0.266 e. The molecule has 0 spiro atoms. The molecule has 0 radical (unpaired) electrons. The van der Waals surface area contributed by atoms with E-state index in [0.29, 0.717) is 24.2 Å². The molecule has 5 rings (SSSR count). The van der Waals surface area contributed by atoms with Gasteiger partial charge in [0, 0.05) is 44.0 Å². The molecule has 1 aliphatic heterocycles. The van der Waals surface area contributed by atoms with E-state index in [0.717, 1.165) is 37.4 Å². The molecule has 0 amide bonds. The van der Waals surface area contributed by atoms with Crippen LogP contribution in [0.4, 0.5) is 5.82 Å². The van der Waals surface area contributed by atoms with E-state index in [1.807, 2.05) is 0 Å². The highest BCUT2D eigenvalue weighted by Crippen LogP contribution is 2.42. The topological polar surface area (TPSA) is 94.6 Å². The smallest absolute Gasteiger partial charge is 0.266 e. The van der Waals surface area contributed by atoms with Gasteiger partial charge in [0.2, 0.25) is 0 Å². The SMILES string of the molecule is O=c1ccc(-n2cncn2)nn1CC1CCN(c2nccnc2C2CC2)CC1. The summed E-state index contributed by atoms with van der Waals surface area (Å²) in [5.74, 6) is 2.65. The highest BCUT2D eigenvalue weighted by molar-refractivity contribution is 5.46. The van der Waals surface area contributed by atoms with Crippen molar-refractivity contribution < 1.29 is 0 Å². The first-order valence-corrected chi connectivity index (χ1v) is 9.77. The molecule has 9 heteroatoms. The van der Waals surface area contributed by atoms with Gasteiger partial charge in [0.15, 0.2) is 11.6 Å². The molecule has 1 saturated carbocycles. The lowest BCUT2D eigenvalue weighted by Gasteiger charge is -2.33. The van der Waals surface area contributed by atoms with Crippen LogP contribution in [0.25, 0.3) is 5.82 Å². The summed E-state index contributed by atoms with van der Waals surface area (Å²) in [5, 5.41) is 8.54. The van der Waals surface area contributed by atoms with Crippen molar-refractivity contribution in [2.45, 2.75) is 38.1 Å². The number of aromatic nitrogens is 7. The van der Waals surface area contributed by atoms with Crippen molar-refractivity contribution in [1.82, 2.24) is 34.5 Å². The Labute approximate surface area is 162 Å². The molecule has 4 heterocycles. The average Bonchev–Trinajstić information content (AvgIpc) is 3.44. The van der Waals surface area contributed by atoms with Gasteiger partial charge < -0.3 is 4.90 Å². The summed E-state index contributed by atoms with van der Waals surface area (Å²) in [4.78, 5) is 27.7. The number of anilines is 1. The minimum atomic E-state index is -0.0868. The zero-order valence-corrected chi connectivity index (χ0v) is 15.6. The van der Waals surface area contributed by atoms with Gasteiger partial charge in [0.1, 0.15) is 12.7 Å². The van der Waals surface area contributed by atoms with Crippen molar-refractivity contribution in [2.75, 3.05) is 18.0 Å².